The third-order valence-electron chi connectivity index (χ3n) is 2.04. The summed E-state index contributed by atoms with van der Waals surface area (Å²) in [6, 6.07) is 0. The predicted molar refractivity (Wildman–Crippen MR) is 46.2 cm³/mol. The maximum absolute atomic E-state index is 11.6. The summed E-state index contributed by atoms with van der Waals surface area (Å²) in [6.07, 6.45) is 4.93. The van der Waals surface area contributed by atoms with Crippen molar-refractivity contribution in [3.63, 3.8) is 0 Å². The van der Waals surface area contributed by atoms with Gasteiger partial charge in [-0.05, 0) is 12.8 Å². The standard InChI is InChI=1S/C8H16N2O/c1-2-3-4-6-10(11)7-5-9-8-10/h8H,2-7H2,1H3. The minimum absolute atomic E-state index is 0.181. The Morgan fingerprint density at radius 3 is 2.91 bits per heavy atom. The van der Waals surface area contributed by atoms with Crippen LogP contribution in [0.3, 0.4) is 0 Å². The molecule has 1 unspecified atom stereocenters. The Morgan fingerprint density at radius 2 is 2.36 bits per heavy atom. The van der Waals surface area contributed by atoms with Gasteiger partial charge in [0.15, 0.2) is 6.34 Å². The first-order valence-corrected chi connectivity index (χ1v) is 4.35. The molecule has 0 spiro atoms. The predicted octanol–water partition coefficient (Wildman–Crippen LogP) is 1.53. The fourth-order valence-corrected chi connectivity index (χ4v) is 1.29. The zero-order valence-electron chi connectivity index (χ0n) is 7.12. The number of hydroxylamine groups is 3. The normalized spacial score (nSPS) is 29.6. The Morgan fingerprint density at radius 1 is 1.55 bits per heavy atom. The van der Waals surface area contributed by atoms with Gasteiger partial charge in [0.2, 0.25) is 0 Å². The molecule has 0 radical (unpaired) electrons. The molecule has 1 aliphatic rings. The Balaban J connectivity index is 2.18. The molecule has 0 saturated heterocycles. The highest BCUT2D eigenvalue weighted by Gasteiger charge is 2.17. The highest BCUT2D eigenvalue weighted by Crippen LogP contribution is 2.09. The second kappa shape index (κ2) is 3.83. The third kappa shape index (κ3) is 2.60. The number of aliphatic imine (C=N–C) groups is 1. The van der Waals surface area contributed by atoms with Gasteiger partial charge in [-0.15, -0.1) is 0 Å². The van der Waals surface area contributed by atoms with E-state index in [4.69, 9.17) is 0 Å². The smallest absolute Gasteiger partial charge is 0.185 e. The Bertz CT molecular complexity index is 147. The van der Waals surface area contributed by atoms with Gasteiger partial charge < -0.3 is 9.85 Å². The van der Waals surface area contributed by atoms with Gasteiger partial charge in [0.05, 0.1) is 13.1 Å². The van der Waals surface area contributed by atoms with E-state index in [1.165, 1.54) is 6.42 Å². The van der Waals surface area contributed by atoms with Crippen molar-refractivity contribution in [3.05, 3.63) is 5.21 Å². The molecule has 0 saturated carbocycles. The molecule has 11 heavy (non-hydrogen) atoms. The summed E-state index contributed by atoms with van der Waals surface area (Å²) in [5.41, 5.74) is 0. The summed E-state index contributed by atoms with van der Waals surface area (Å²) in [6.45, 7) is 4.24. The van der Waals surface area contributed by atoms with Crippen LogP contribution < -0.4 is 0 Å². The van der Waals surface area contributed by atoms with Crippen molar-refractivity contribution < 1.29 is 4.65 Å². The van der Waals surface area contributed by atoms with Crippen molar-refractivity contribution in [1.29, 1.82) is 0 Å². The highest BCUT2D eigenvalue weighted by atomic mass is 16.5. The Labute approximate surface area is 67.9 Å². The van der Waals surface area contributed by atoms with Crippen LogP contribution in [0.5, 0.6) is 0 Å². The van der Waals surface area contributed by atoms with Gasteiger partial charge in [0.1, 0.15) is 6.54 Å². The van der Waals surface area contributed by atoms with Crippen LogP contribution in [-0.2, 0) is 0 Å². The molecule has 0 aromatic rings. The topological polar surface area (TPSA) is 35.4 Å². The number of quaternary nitrogens is 1. The zero-order valence-corrected chi connectivity index (χ0v) is 7.12. The molecular formula is C8H16N2O. The maximum atomic E-state index is 11.6. The molecule has 1 heterocycles. The number of hydrogen-bond donors (Lipinski definition) is 0. The van der Waals surface area contributed by atoms with E-state index in [2.05, 4.69) is 11.9 Å². The molecule has 0 aromatic carbocycles. The molecule has 3 nitrogen and oxygen atoms in total. The van der Waals surface area contributed by atoms with Crippen LogP contribution in [0.25, 0.3) is 0 Å². The van der Waals surface area contributed by atoms with Crippen molar-refractivity contribution in [2.45, 2.75) is 26.2 Å². The molecule has 0 amide bonds. The molecule has 3 heteroatoms. The van der Waals surface area contributed by atoms with Crippen LogP contribution in [0.2, 0.25) is 0 Å². The zero-order chi connectivity index (χ0) is 8.16. The van der Waals surface area contributed by atoms with Crippen LogP contribution >= 0.6 is 0 Å². The van der Waals surface area contributed by atoms with Crippen LogP contribution in [0.15, 0.2) is 4.99 Å². The van der Waals surface area contributed by atoms with Crippen molar-refractivity contribution in [2.75, 3.05) is 19.6 Å². The Hall–Kier alpha value is -0.410. The van der Waals surface area contributed by atoms with Crippen LogP contribution in [0, 0.1) is 5.21 Å². The van der Waals surface area contributed by atoms with Gasteiger partial charge >= 0.3 is 0 Å². The molecule has 1 aliphatic heterocycles. The first kappa shape index (κ1) is 8.68. The molecule has 0 aromatic heterocycles. The lowest BCUT2D eigenvalue weighted by atomic mass is 10.2. The lowest BCUT2D eigenvalue weighted by Crippen LogP contribution is -2.39. The van der Waals surface area contributed by atoms with Crippen molar-refractivity contribution in [2.24, 2.45) is 4.99 Å². The lowest BCUT2D eigenvalue weighted by molar-refractivity contribution is -0.775. The molecule has 64 valence electrons. The van der Waals surface area contributed by atoms with Crippen molar-refractivity contribution in [3.8, 4) is 0 Å². The summed E-state index contributed by atoms with van der Waals surface area (Å²) in [7, 11) is 0. The molecule has 0 aliphatic carbocycles. The van der Waals surface area contributed by atoms with E-state index in [0.29, 0.717) is 6.54 Å². The lowest BCUT2D eigenvalue weighted by Gasteiger charge is -2.33. The molecule has 0 fully saturated rings. The monoisotopic (exact) mass is 156 g/mol. The highest BCUT2D eigenvalue weighted by molar-refractivity contribution is 5.48. The first-order valence-electron chi connectivity index (χ1n) is 4.35. The molecule has 0 bridgehead atoms. The van der Waals surface area contributed by atoms with Gasteiger partial charge in [0, 0.05) is 0 Å². The summed E-state index contributed by atoms with van der Waals surface area (Å²) in [4.78, 5) is 3.95. The maximum Gasteiger partial charge on any atom is 0.185 e. The summed E-state index contributed by atoms with van der Waals surface area (Å²) >= 11 is 0. The molecule has 1 atom stereocenters. The van der Waals surface area contributed by atoms with E-state index in [0.717, 1.165) is 25.9 Å². The molecule has 0 N–H and O–H groups in total. The van der Waals surface area contributed by atoms with Crippen molar-refractivity contribution >= 4 is 6.34 Å². The van der Waals surface area contributed by atoms with E-state index in [-0.39, 0.29) is 4.65 Å². The number of nitrogens with zero attached hydrogens (tertiary/aromatic N) is 2. The van der Waals surface area contributed by atoms with Gasteiger partial charge in [0.25, 0.3) is 0 Å². The van der Waals surface area contributed by atoms with Crippen LogP contribution in [-0.4, -0.2) is 30.6 Å². The van der Waals surface area contributed by atoms with Crippen LogP contribution in [0.4, 0.5) is 0 Å². The number of hydrogen-bond acceptors (Lipinski definition) is 2. The Kier molecular flexibility index (Phi) is 3.02. The van der Waals surface area contributed by atoms with Gasteiger partial charge in [-0.3, -0.25) is 0 Å². The van der Waals surface area contributed by atoms with Crippen molar-refractivity contribution in [1.82, 2.24) is 0 Å². The quantitative estimate of drug-likeness (QED) is 0.345. The van der Waals surface area contributed by atoms with Gasteiger partial charge in [-0.1, -0.05) is 13.3 Å². The van der Waals surface area contributed by atoms with E-state index in [1.807, 2.05) is 0 Å². The van der Waals surface area contributed by atoms with E-state index in [9.17, 15) is 5.21 Å². The average molecular weight is 156 g/mol. The summed E-state index contributed by atoms with van der Waals surface area (Å²) < 4.78 is -0.181. The minimum Gasteiger partial charge on any atom is -0.627 e. The largest absolute Gasteiger partial charge is 0.627 e. The van der Waals surface area contributed by atoms with Crippen LogP contribution in [0.1, 0.15) is 26.2 Å². The second-order valence-corrected chi connectivity index (χ2v) is 3.13. The first-order chi connectivity index (χ1) is 5.27. The number of unbranched alkanes of at least 4 members (excludes halogenated alkanes) is 2. The fraction of sp³-hybridized carbons (Fsp3) is 0.875. The molecular weight excluding hydrogens is 140 g/mol. The number of rotatable bonds is 4. The van der Waals surface area contributed by atoms with E-state index >= 15 is 0 Å². The second-order valence-electron chi connectivity index (χ2n) is 3.13. The molecule has 1 rings (SSSR count). The SMILES string of the molecule is CCCCC[N+]1([O-])C=NCC1. The average Bonchev–Trinajstić information content (AvgIpc) is 2.38. The minimum atomic E-state index is -0.181. The summed E-state index contributed by atoms with van der Waals surface area (Å²) in [5, 5.41) is 11.6. The third-order valence-corrected chi connectivity index (χ3v) is 2.04. The van der Waals surface area contributed by atoms with E-state index < -0.39 is 0 Å². The fourth-order valence-electron chi connectivity index (χ4n) is 1.29. The van der Waals surface area contributed by atoms with Gasteiger partial charge in [-0.25, -0.2) is 4.99 Å². The van der Waals surface area contributed by atoms with E-state index in [1.54, 1.807) is 6.34 Å². The summed E-state index contributed by atoms with van der Waals surface area (Å²) in [5.74, 6) is 0. The van der Waals surface area contributed by atoms with Gasteiger partial charge in [-0.2, -0.15) is 0 Å².